The van der Waals surface area contributed by atoms with Crippen molar-refractivity contribution in [1.82, 2.24) is 9.88 Å². The number of aliphatic carboxylic acids is 1. The first kappa shape index (κ1) is 18.9. The number of fused-ring (bicyclic) bond motifs is 1. The summed E-state index contributed by atoms with van der Waals surface area (Å²) in [5.41, 5.74) is -0.421. The van der Waals surface area contributed by atoms with Gasteiger partial charge in [0.1, 0.15) is 16.3 Å². The van der Waals surface area contributed by atoms with Crippen LogP contribution >= 0.6 is 11.3 Å². The van der Waals surface area contributed by atoms with Crippen molar-refractivity contribution in [2.45, 2.75) is 32.7 Å². The zero-order valence-electron chi connectivity index (χ0n) is 13.3. The number of carbonyl (C=O) groups is 2. The van der Waals surface area contributed by atoms with E-state index in [0.29, 0.717) is 12.5 Å². The molecule has 0 saturated heterocycles. The van der Waals surface area contributed by atoms with E-state index in [4.69, 9.17) is 5.11 Å². The minimum atomic E-state index is -1.33. The topological polar surface area (TPSA) is 70.5 Å². The molecule has 0 saturated carbocycles. The monoisotopic (exact) mass is 372 g/mol. The Morgan fingerprint density at radius 1 is 1.28 bits per heavy atom. The number of carboxylic acid groups (broad SMARTS) is 1. The third-order valence-electron chi connectivity index (χ3n) is 3.26. The van der Waals surface area contributed by atoms with Gasteiger partial charge in [0.2, 0.25) is 5.91 Å². The summed E-state index contributed by atoms with van der Waals surface area (Å²) in [4.78, 5) is 27.9. The maximum atomic E-state index is 13.8. The minimum absolute atomic E-state index is 0.0885. The maximum absolute atomic E-state index is 13.8. The van der Waals surface area contributed by atoms with Crippen LogP contribution in [0.25, 0.3) is 10.2 Å². The van der Waals surface area contributed by atoms with E-state index in [0.717, 1.165) is 11.3 Å². The summed E-state index contributed by atoms with van der Waals surface area (Å²) >= 11 is 0.813. The van der Waals surface area contributed by atoms with E-state index in [9.17, 15) is 22.8 Å². The lowest BCUT2D eigenvalue weighted by atomic mass is 10.2. The Hall–Kier alpha value is -2.42. The quantitative estimate of drug-likeness (QED) is 0.750. The number of halogens is 3. The molecule has 25 heavy (non-hydrogen) atoms. The van der Waals surface area contributed by atoms with Gasteiger partial charge in [-0.25, -0.2) is 18.2 Å². The molecule has 0 aliphatic heterocycles. The smallest absolute Gasteiger partial charge is 0.303 e. The van der Waals surface area contributed by atoms with Crippen LogP contribution in [0.15, 0.2) is 18.3 Å². The van der Waals surface area contributed by atoms with Crippen LogP contribution in [0.5, 0.6) is 0 Å². The molecule has 1 N–H and O–H groups in total. The predicted octanol–water partition coefficient (Wildman–Crippen LogP) is 3.83. The van der Waals surface area contributed by atoms with Gasteiger partial charge in [-0.15, -0.1) is 11.3 Å². The summed E-state index contributed by atoms with van der Waals surface area (Å²) in [7, 11) is 0. The van der Waals surface area contributed by atoms with E-state index in [1.54, 1.807) is 6.08 Å². The minimum Gasteiger partial charge on any atom is -0.481 e. The van der Waals surface area contributed by atoms with Gasteiger partial charge in [0.15, 0.2) is 11.6 Å². The largest absolute Gasteiger partial charge is 0.481 e. The van der Waals surface area contributed by atoms with Gasteiger partial charge in [-0.1, -0.05) is 13.0 Å². The first-order valence-electron chi connectivity index (χ1n) is 7.44. The summed E-state index contributed by atoms with van der Waals surface area (Å²) in [6, 6.07) is 0.451. The van der Waals surface area contributed by atoms with Crippen LogP contribution in [0.3, 0.4) is 0 Å². The first-order chi connectivity index (χ1) is 11.8. The van der Waals surface area contributed by atoms with Crippen LogP contribution in [0.2, 0.25) is 0 Å². The molecule has 2 aromatic rings. The fourth-order valence-electron chi connectivity index (χ4n) is 2.06. The fraction of sp³-hybridized carbons (Fsp3) is 0.312. The molecule has 134 valence electrons. The molecule has 0 atom stereocenters. The molecular weight excluding hydrogens is 357 g/mol. The number of carboxylic acids is 1. The lowest BCUT2D eigenvalue weighted by molar-refractivity contribution is -0.140. The van der Waals surface area contributed by atoms with Crippen LogP contribution in [0.4, 0.5) is 13.2 Å². The summed E-state index contributed by atoms with van der Waals surface area (Å²) in [6.07, 6.45) is 3.25. The number of hydrogen-bond donors (Lipinski definition) is 1. The summed E-state index contributed by atoms with van der Waals surface area (Å²) in [6.45, 7) is 1.76. The second-order valence-corrected chi connectivity index (χ2v) is 6.23. The van der Waals surface area contributed by atoms with E-state index in [-0.39, 0.29) is 29.1 Å². The van der Waals surface area contributed by atoms with Crippen molar-refractivity contribution in [2.75, 3.05) is 0 Å². The highest BCUT2D eigenvalue weighted by molar-refractivity contribution is 7.18. The Morgan fingerprint density at radius 2 is 2.00 bits per heavy atom. The first-order valence-corrected chi connectivity index (χ1v) is 8.26. The summed E-state index contributed by atoms with van der Waals surface area (Å²) in [5, 5.41) is 8.89. The predicted molar refractivity (Wildman–Crippen MR) is 86.3 cm³/mol. The van der Waals surface area contributed by atoms with Crippen LogP contribution < -0.4 is 0 Å². The molecule has 1 amide bonds. The number of rotatable bonds is 7. The number of thiazole rings is 1. The fourth-order valence-corrected chi connectivity index (χ4v) is 3.02. The van der Waals surface area contributed by atoms with E-state index in [2.05, 4.69) is 4.98 Å². The van der Waals surface area contributed by atoms with E-state index in [1.807, 2.05) is 6.92 Å². The lowest BCUT2D eigenvalue weighted by Gasteiger charge is -2.16. The Morgan fingerprint density at radius 3 is 2.64 bits per heavy atom. The number of nitrogens with zero attached hydrogens (tertiary/aromatic N) is 2. The maximum Gasteiger partial charge on any atom is 0.303 e. The summed E-state index contributed by atoms with van der Waals surface area (Å²) in [5.74, 6) is -5.06. The van der Waals surface area contributed by atoms with Crippen LogP contribution in [-0.2, 0) is 16.1 Å². The molecule has 0 bridgehead atoms. The number of allylic oxidation sites excluding steroid dienone is 1. The molecule has 0 aliphatic rings. The van der Waals surface area contributed by atoms with Crippen molar-refractivity contribution in [2.24, 2.45) is 0 Å². The molecule has 2 rings (SSSR count). The van der Waals surface area contributed by atoms with Crippen LogP contribution in [-0.4, -0.2) is 26.9 Å². The number of amides is 1. The van der Waals surface area contributed by atoms with Gasteiger partial charge in [-0.05, 0) is 6.42 Å². The molecule has 0 unspecified atom stereocenters. The Bertz CT molecular complexity index is 836. The molecule has 1 aromatic carbocycles. The van der Waals surface area contributed by atoms with E-state index >= 15 is 0 Å². The van der Waals surface area contributed by atoms with Crippen molar-refractivity contribution in [3.8, 4) is 0 Å². The van der Waals surface area contributed by atoms with Gasteiger partial charge in [0, 0.05) is 18.7 Å². The molecule has 0 aliphatic carbocycles. The van der Waals surface area contributed by atoms with Gasteiger partial charge in [0.25, 0.3) is 0 Å². The molecule has 0 spiro atoms. The normalized spacial score (nSPS) is 11.4. The van der Waals surface area contributed by atoms with E-state index in [1.165, 1.54) is 11.1 Å². The van der Waals surface area contributed by atoms with Gasteiger partial charge >= 0.3 is 5.97 Å². The highest BCUT2D eigenvalue weighted by Crippen LogP contribution is 2.29. The second kappa shape index (κ2) is 8.11. The molecule has 5 nitrogen and oxygen atoms in total. The number of benzene rings is 1. The molecule has 1 aromatic heterocycles. The Kier molecular flexibility index (Phi) is 6.13. The van der Waals surface area contributed by atoms with Crippen molar-refractivity contribution in [1.29, 1.82) is 0 Å². The van der Waals surface area contributed by atoms with Crippen molar-refractivity contribution in [3.05, 3.63) is 40.8 Å². The molecule has 0 radical (unpaired) electrons. The Labute approximate surface area is 145 Å². The molecular formula is C16H15F3N2O3S. The number of carbonyl (C=O) groups excluding carboxylic acids is 1. The van der Waals surface area contributed by atoms with Crippen molar-refractivity contribution < 1.29 is 27.9 Å². The third kappa shape index (κ3) is 4.56. The average molecular weight is 372 g/mol. The standard InChI is InChI=1S/C16H15F3N2O3S/c1-2-3-6-21(12(22)4-5-13(23)24)8-11-20-15-14(19)9(17)7-10(18)16(15)25-11/h3,6-7H,2,4-5,8H2,1H3,(H,23,24). The van der Waals surface area contributed by atoms with Crippen molar-refractivity contribution in [3.63, 3.8) is 0 Å². The third-order valence-corrected chi connectivity index (χ3v) is 4.31. The molecule has 0 fully saturated rings. The van der Waals surface area contributed by atoms with E-state index < -0.39 is 34.8 Å². The SMILES string of the molecule is CCC=CN(Cc1nc2c(F)c(F)cc(F)c2s1)C(=O)CCC(=O)O. The highest BCUT2D eigenvalue weighted by atomic mass is 32.1. The van der Waals surface area contributed by atoms with Crippen molar-refractivity contribution >= 4 is 33.4 Å². The summed E-state index contributed by atoms with van der Waals surface area (Å²) < 4.78 is 40.6. The van der Waals surface area contributed by atoms with Gasteiger partial charge in [-0.2, -0.15) is 0 Å². The highest BCUT2D eigenvalue weighted by Gasteiger charge is 2.20. The van der Waals surface area contributed by atoms with Crippen LogP contribution in [0, 0.1) is 17.5 Å². The van der Waals surface area contributed by atoms with Gasteiger partial charge < -0.3 is 10.0 Å². The molecule has 9 heteroatoms. The molecule has 1 heterocycles. The Balaban J connectivity index is 2.29. The van der Waals surface area contributed by atoms with Gasteiger partial charge in [-0.3, -0.25) is 9.59 Å². The lowest BCUT2D eigenvalue weighted by Crippen LogP contribution is -2.25. The van der Waals surface area contributed by atoms with Gasteiger partial charge in [0.05, 0.1) is 17.7 Å². The zero-order valence-corrected chi connectivity index (χ0v) is 14.1. The average Bonchev–Trinajstić information content (AvgIpc) is 2.99. The number of hydrogen-bond acceptors (Lipinski definition) is 4. The number of aromatic nitrogens is 1. The zero-order chi connectivity index (χ0) is 18.6. The second-order valence-electron chi connectivity index (χ2n) is 5.15. The van der Waals surface area contributed by atoms with Crippen LogP contribution in [0.1, 0.15) is 31.2 Å².